The zero-order valence-corrected chi connectivity index (χ0v) is 14.3. The number of hydrogen-bond acceptors (Lipinski definition) is 6. The summed E-state index contributed by atoms with van der Waals surface area (Å²) in [5, 5.41) is 2.81. The van der Waals surface area contributed by atoms with E-state index in [1.165, 1.54) is 6.07 Å². The van der Waals surface area contributed by atoms with Crippen molar-refractivity contribution < 1.29 is 22.7 Å². The Morgan fingerprint density at radius 1 is 1.24 bits per heavy atom. The fraction of sp³-hybridized carbons (Fsp3) is 0.438. The van der Waals surface area contributed by atoms with Gasteiger partial charge in [-0.15, -0.1) is 0 Å². The van der Waals surface area contributed by atoms with Crippen LogP contribution in [0.15, 0.2) is 34.2 Å². The summed E-state index contributed by atoms with van der Waals surface area (Å²) in [6.07, 6.45) is 4.10. The van der Waals surface area contributed by atoms with Crippen molar-refractivity contribution in [3.63, 3.8) is 0 Å². The first-order valence-electron chi connectivity index (χ1n) is 8.07. The maximum atomic E-state index is 11.9. The quantitative estimate of drug-likeness (QED) is 0.730. The zero-order chi connectivity index (χ0) is 17.9. The van der Waals surface area contributed by atoms with Crippen molar-refractivity contribution in [2.24, 2.45) is 4.99 Å². The molecule has 1 amide bonds. The molecule has 3 rings (SSSR count). The topological polar surface area (TPSA) is 114 Å². The first kappa shape index (κ1) is 17.4. The standard InChI is InChI=1S/C16H19N3O5S/c20-14(18-11-5-1-2-6-11)10-24-15(21)9-17-16-12-7-3-4-8-13(12)25(22,23)19-16/h3-4,7-8,11H,1-2,5-6,9-10H2,(H,17,19)(H,18,20). The minimum atomic E-state index is -3.64. The summed E-state index contributed by atoms with van der Waals surface area (Å²) < 4.78 is 31.0. The number of carbonyl (C=O) groups is 2. The Morgan fingerprint density at radius 3 is 2.72 bits per heavy atom. The predicted octanol–water partition coefficient (Wildman–Crippen LogP) is 0.327. The maximum absolute atomic E-state index is 11.9. The Bertz CT molecular complexity index is 813. The van der Waals surface area contributed by atoms with Crippen LogP contribution in [0.1, 0.15) is 31.2 Å². The van der Waals surface area contributed by atoms with Crippen molar-refractivity contribution in [1.29, 1.82) is 0 Å². The molecule has 25 heavy (non-hydrogen) atoms. The number of aliphatic imine (C=N–C) groups is 1. The summed E-state index contributed by atoms with van der Waals surface area (Å²) in [7, 11) is -3.64. The van der Waals surface area contributed by atoms with Gasteiger partial charge in [-0.25, -0.2) is 8.42 Å². The van der Waals surface area contributed by atoms with E-state index in [0.29, 0.717) is 5.56 Å². The minimum absolute atomic E-state index is 0.1000. The van der Waals surface area contributed by atoms with Crippen LogP contribution in [0.5, 0.6) is 0 Å². The van der Waals surface area contributed by atoms with Gasteiger partial charge in [0.1, 0.15) is 12.4 Å². The van der Waals surface area contributed by atoms with E-state index in [2.05, 4.69) is 15.0 Å². The van der Waals surface area contributed by atoms with Crippen molar-refractivity contribution in [3.05, 3.63) is 29.8 Å². The molecule has 1 fully saturated rings. The molecule has 0 radical (unpaired) electrons. The molecular formula is C16H19N3O5S. The third kappa shape index (κ3) is 4.16. The number of hydrogen-bond donors (Lipinski definition) is 2. The van der Waals surface area contributed by atoms with Crippen molar-refractivity contribution >= 4 is 27.7 Å². The second-order valence-corrected chi connectivity index (χ2v) is 7.63. The molecule has 2 N–H and O–H groups in total. The fourth-order valence-electron chi connectivity index (χ4n) is 2.93. The van der Waals surface area contributed by atoms with E-state index in [0.717, 1.165) is 25.7 Å². The van der Waals surface area contributed by atoms with E-state index in [9.17, 15) is 18.0 Å². The van der Waals surface area contributed by atoms with Crippen LogP contribution in [0.4, 0.5) is 0 Å². The lowest BCUT2D eigenvalue weighted by atomic mass is 10.2. The highest BCUT2D eigenvalue weighted by molar-refractivity contribution is 7.90. The molecule has 1 aromatic rings. The molecule has 8 nitrogen and oxygen atoms in total. The van der Waals surface area contributed by atoms with Gasteiger partial charge in [0.15, 0.2) is 6.61 Å². The smallest absolute Gasteiger partial charge is 0.328 e. The van der Waals surface area contributed by atoms with Crippen molar-refractivity contribution in [2.45, 2.75) is 36.6 Å². The van der Waals surface area contributed by atoms with Gasteiger partial charge in [0.25, 0.3) is 15.9 Å². The van der Waals surface area contributed by atoms with E-state index in [1.54, 1.807) is 18.2 Å². The number of amides is 1. The Kier molecular flexibility index (Phi) is 5.03. The minimum Gasteiger partial charge on any atom is -0.454 e. The molecule has 0 spiro atoms. The summed E-state index contributed by atoms with van der Waals surface area (Å²) in [5.41, 5.74) is 0.411. The lowest BCUT2D eigenvalue weighted by Crippen LogP contribution is -2.36. The molecule has 1 saturated carbocycles. The van der Waals surface area contributed by atoms with E-state index < -0.39 is 16.0 Å². The monoisotopic (exact) mass is 365 g/mol. The zero-order valence-electron chi connectivity index (χ0n) is 13.5. The van der Waals surface area contributed by atoms with Gasteiger partial charge < -0.3 is 10.1 Å². The number of esters is 1. The number of benzene rings is 1. The number of nitrogens with one attached hydrogen (secondary N) is 2. The highest BCUT2D eigenvalue weighted by Crippen LogP contribution is 2.22. The number of carbonyl (C=O) groups excluding carboxylic acids is 2. The summed E-state index contributed by atoms with van der Waals surface area (Å²) in [6.45, 7) is -0.731. The molecule has 0 saturated heterocycles. The first-order chi connectivity index (χ1) is 12.0. The fourth-order valence-corrected chi connectivity index (χ4v) is 4.18. The number of nitrogens with zero attached hydrogens (tertiary/aromatic N) is 1. The predicted molar refractivity (Wildman–Crippen MR) is 89.5 cm³/mol. The third-order valence-corrected chi connectivity index (χ3v) is 5.51. The van der Waals surface area contributed by atoms with Crippen LogP contribution in [-0.2, 0) is 24.3 Å². The van der Waals surface area contributed by atoms with Gasteiger partial charge in [0, 0.05) is 11.6 Å². The molecule has 1 heterocycles. The number of rotatable bonds is 5. The van der Waals surface area contributed by atoms with Crippen LogP contribution in [0.25, 0.3) is 0 Å². The normalized spacial score (nSPS) is 20.1. The van der Waals surface area contributed by atoms with E-state index in [4.69, 9.17) is 4.74 Å². The van der Waals surface area contributed by atoms with E-state index in [1.807, 2.05) is 0 Å². The Balaban J connectivity index is 1.52. The van der Waals surface area contributed by atoms with E-state index >= 15 is 0 Å². The van der Waals surface area contributed by atoms with Gasteiger partial charge in [0.05, 0.1) is 4.90 Å². The number of fused-ring (bicyclic) bond motifs is 1. The van der Waals surface area contributed by atoms with Crippen molar-refractivity contribution in [1.82, 2.24) is 10.0 Å². The van der Waals surface area contributed by atoms with Crippen molar-refractivity contribution in [3.8, 4) is 0 Å². The maximum Gasteiger partial charge on any atom is 0.328 e. The second kappa shape index (κ2) is 7.22. The number of sulfonamides is 1. The average Bonchev–Trinajstić information content (AvgIpc) is 3.18. The molecule has 1 aromatic carbocycles. The molecule has 134 valence electrons. The van der Waals surface area contributed by atoms with Crippen LogP contribution >= 0.6 is 0 Å². The molecule has 9 heteroatoms. The van der Waals surface area contributed by atoms with Gasteiger partial charge in [-0.2, -0.15) is 0 Å². The largest absolute Gasteiger partial charge is 0.454 e. The Labute approximate surface area is 145 Å². The van der Waals surface area contributed by atoms with Gasteiger partial charge in [-0.3, -0.25) is 19.3 Å². The summed E-state index contributed by atoms with van der Waals surface area (Å²) in [4.78, 5) is 27.5. The number of ether oxygens (including phenoxy) is 1. The Morgan fingerprint density at radius 2 is 1.96 bits per heavy atom. The number of amidine groups is 1. The summed E-state index contributed by atoms with van der Waals surface area (Å²) in [6, 6.07) is 6.52. The van der Waals surface area contributed by atoms with Crippen LogP contribution in [0.3, 0.4) is 0 Å². The van der Waals surface area contributed by atoms with Crippen LogP contribution < -0.4 is 10.0 Å². The first-order valence-corrected chi connectivity index (χ1v) is 9.56. The highest BCUT2D eigenvalue weighted by atomic mass is 32.2. The SMILES string of the molecule is O=C(COC(=O)CN=C1NS(=O)(=O)c2ccccc21)NC1CCCC1. The van der Waals surface area contributed by atoms with Crippen LogP contribution in [0, 0.1) is 0 Å². The van der Waals surface area contributed by atoms with Gasteiger partial charge in [-0.05, 0) is 25.0 Å². The lowest BCUT2D eigenvalue weighted by Gasteiger charge is -2.11. The van der Waals surface area contributed by atoms with Gasteiger partial charge in [0.2, 0.25) is 0 Å². The molecule has 1 aliphatic carbocycles. The molecule has 2 aliphatic rings. The average molecular weight is 365 g/mol. The lowest BCUT2D eigenvalue weighted by molar-refractivity contribution is -0.147. The Hall–Kier alpha value is -2.42. The summed E-state index contributed by atoms with van der Waals surface area (Å²) >= 11 is 0. The molecule has 0 bridgehead atoms. The molecule has 0 aromatic heterocycles. The molecule has 0 atom stereocenters. The van der Waals surface area contributed by atoms with Gasteiger partial charge in [-0.1, -0.05) is 25.0 Å². The third-order valence-electron chi connectivity index (χ3n) is 4.11. The molecule has 1 aliphatic heterocycles. The van der Waals surface area contributed by atoms with Crippen LogP contribution in [-0.4, -0.2) is 45.3 Å². The molecule has 0 unspecified atom stereocenters. The van der Waals surface area contributed by atoms with Crippen LogP contribution in [0.2, 0.25) is 0 Å². The van der Waals surface area contributed by atoms with E-state index in [-0.39, 0.29) is 35.8 Å². The molecular weight excluding hydrogens is 346 g/mol. The van der Waals surface area contributed by atoms with Gasteiger partial charge >= 0.3 is 5.97 Å². The highest BCUT2D eigenvalue weighted by Gasteiger charge is 2.30. The summed E-state index contributed by atoms with van der Waals surface area (Å²) in [5.74, 6) is -0.930. The van der Waals surface area contributed by atoms with Crippen molar-refractivity contribution in [2.75, 3.05) is 13.2 Å². The second-order valence-electron chi connectivity index (χ2n) is 5.98.